The second-order valence-corrected chi connectivity index (χ2v) is 5.60. The number of ether oxygens (including phenoxy) is 1. The summed E-state index contributed by atoms with van der Waals surface area (Å²) in [6.07, 6.45) is 1.67. The third-order valence-corrected chi connectivity index (χ3v) is 4.04. The molecule has 0 aromatic carbocycles. The minimum atomic E-state index is -0.145. The summed E-state index contributed by atoms with van der Waals surface area (Å²) in [6.45, 7) is 0.942. The number of hydrogen-bond donors (Lipinski definition) is 1. The number of hydrogen-bond acceptors (Lipinski definition) is 5. The van der Waals surface area contributed by atoms with Crippen LogP contribution in [0.1, 0.15) is 10.4 Å². The summed E-state index contributed by atoms with van der Waals surface area (Å²) in [4.78, 5) is 17.1. The van der Waals surface area contributed by atoms with E-state index in [9.17, 15) is 4.79 Å². The molecule has 114 valence electrons. The molecule has 7 heteroatoms. The number of carbonyl (C=O) groups excluding carboxylic acids is 1. The standard InChI is InChI=1S/C15H16N4O2S/c1-19-14-12(8-17-19)11(15(20)16-4-5-21-2)7-13(18-14)10-3-6-22-9-10/h3,6-9H,4-5H2,1-2H3,(H,16,20). The van der Waals surface area contributed by atoms with Gasteiger partial charge in [0, 0.05) is 31.6 Å². The van der Waals surface area contributed by atoms with Crippen LogP contribution in [-0.4, -0.2) is 40.9 Å². The Kier molecular flexibility index (Phi) is 4.17. The largest absolute Gasteiger partial charge is 0.383 e. The molecule has 0 aliphatic heterocycles. The number of carbonyl (C=O) groups is 1. The fraction of sp³-hybridized carbons (Fsp3) is 0.267. The lowest BCUT2D eigenvalue weighted by Crippen LogP contribution is -2.27. The molecule has 1 amide bonds. The Hall–Kier alpha value is -2.25. The molecule has 0 saturated heterocycles. The number of methoxy groups -OCH3 is 1. The maximum Gasteiger partial charge on any atom is 0.252 e. The number of aromatic nitrogens is 3. The summed E-state index contributed by atoms with van der Waals surface area (Å²) in [5.74, 6) is -0.145. The molecule has 22 heavy (non-hydrogen) atoms. The summed E-state index contributed by atoms with van der Waals surface area (Å²) in [7, 11) is 3.42. The van der Waals surface area contributed by atoms with Crippen LogP contribution in [0, 0.1) is 0 Å². The molecule has 3 aromatic heterocycles. The summed E-state index contributed by atoms with van der Waals surface area (Å²) >= 11 is 1.60. The normalized spacial score (nSPS) is 11.0. The number of nitrogens with one attached hydrogen (secondary N) is 1. The van der Waals surface area contributed by atoms with E-state index in [0.29, 0.717) is 24.4 Å². The maximum atomic E-state index is 12.4. The highest BCUT2D eigenvalue weighted by Gasteiger charge is 2.16. The zero-order chi connectivity index (χ0) is 15.5. The van der Waals surface area contributed by atoms with Gasteiger partial charge in [0.05, 0.1) is 29.4 Å². The van der Waals surface area contributed by atoms with Gasteiger partial charge in [-0.1, -0.05) is 0 Å². The predicted molar refractivity (Wildman–Crippen MR) is 86.0 cm³/mol. The van der Waals surface area contributed by atoms with Crippen molar-refractivity contribution in [3.05, 3.63) is 34.7 Å². The Morgan fingerprint density at radius 1 is 1.50 bits per heavy atom. The minimum absolute atomic E-state index is 0.145. The maximum absolute atomic E-state index is 12.4. The molecule has 0 bridgehead atoms. The lowest BCUT2D eigenvalue weighted by Gasteiger charge is -2.08. The van der Waals surface area contributed by atoms with Crippen molar-refractivity contribution in [3.8, 4) is 11.3 Å². The van der Waals surface area contributed by atoms with Crippen LogP contribution in [0.5, 0.6) is 0 Å². The molecule has 0 saturated carbocycles. The van der Waals surface area contributed by atoms with E-state index in [4.69, 9.17) is 4.74 Å². The predicted octanol–water partition coefficient (Wildman–Crippen LogP) is 2.07. The van der Waals surface area contributed by atoms with Crippen LogP contribution in [0.3, 0.4) is 0 Å². The minimum Gasteiger partial charge on any atom is -0.383 e. The molecule has 0 spiro atoms. The number of fused-ring (bicyclic) bond motifs is 1. The van der Waals surface area contributed by atoms with Crippen molar-refractivity contribution in [2.24, 2.45) is 7.05 Å². The molecule has 0 atom stereocenters. The first kappa shape index (κ1) is 14.7. The third kappa shape index (κ3) is 2.72. The van der Waals surface area contributed by atoms with Crippen LogP contribution in [0.25, 0.3) is 22.3 Å². The van der Waals surface area contributed by atoms with Crippen molar-refractivity contribution in [2.75, 3.05) is 20.3 Å². The van der Waals surface area contributed by atoms with Crippen molar-refractivity contribution in [2.45, 2.75) is 0 Å². The number of rotatable bonds is 5. The number of thiophene rings is 1. The van der Waals surface area contributed by atoms with Gasteiger partial charge in [-0.25, -0.2) is 4.98 Å². The SMILES string of the molecule is COCCNC(=O)c1cc(-c2ccsc2)nc2c1cnn2C. The van der Waals surface area contributed by atoms with Gasteiger partial charge in [-0.3, -0.25) is 9.48 Å². The number of aryl methyl sites for hydroxylation is 1. The first-order chi connectivity index (χ1) is 10.7. The second kappa shape index (κ2) is 6.25. The van der Waals surface area contributed by atoms with Crippen molar-refractivity contribution < 1.29 is 9.53 Å². The van der Waals surface area contributed by atoms with Crippen LogP contribution in [0.2, 0.25) is 0 Å². The van der Waals surface area contributed by atoms with E-state index in [1.807, 2.05) is 29.9 Å². The Morgan fingerprint density at radius 2 is 2.36 bits per heavy atom. The highest BCUT2D eigenvalue weighted by Crippen LogP contribution is 2.26. The Labute approximate surface area is 131 Å². The fourth-order valence-corrected chi connectivity index (χ4v) is 2.87. The van der Waals surface area contributed by atoms with Gasteiger partial charge in [-0.2, -0.15) is 16.4 Å². The summed E-state index contributed by atoms with van der Waals surface area (Å²) in [6, 6.07) is 3.80. The van der Waals surface area contributed by atoms with E-state index in [1.54, 1.807) is 29.3 Å². The molecule has 0 fully saturated rings. The zero-order valence-electron chi connectivity index (χ0n) is 12.4. The number of pyridine rings is 1. The molecule has 0 aliphatic rings. The van der Waals surface area contributed by atoms with Gasteiger partial charge in [0.1, 0.15) is 0 Å². The average molecular weight is 316 g/mol. The van der Waals surface area contributed by atoms with Crippen molar-refractivity contribution in [1.82, 2.24) is 20.1 Å². The fourth-order valence-electron chi connectivity index (χ4n) is 2.22. The van der Waals surface area contributed by atoms with E-state index in [1.165, 1.54) is 0 Å². The first-order valence-corrected chi connectivity index (χ1v) is 7.77. The molecule has 0 unspecified atom stereocenters. The van der Waals surface area contributed by atoms with Gasteiger partial charge in [0.25, 0.3) is 5.91 Å². The molecule has 3 heterocycles. The van der Waals surface area contributed by atoms with Crippen LogP contribution in [0.15, 0.2) is 29.1 Å². The zero-order valence-corrected chi connectivity index (χ0v) is 13.2. The molecule has 1 N–H and O–H groups in total. The highest BCUT2D eigenvalue weighted by molar-refractivity contribution is 7.08. The van der Waals surface area contributed by atoms with Gasteiger partial charge in [-0.05, 0) is 17.5 Å². The van der Waals surface area contributed by atoms with Gasteiger partial charge in [0.15, 0.2) is 5.65 Å². The van der Waals surface area contributed by atoms with E-state index in [-0.39, 0.29) is 5.91 Å². The highest BCUT2D eigenvalue weighted by atomic mass is 32.1. The van der Waals surface area contributed by atoms with Gasteiger partial charge < -0.3 is 10.1 Å². The van der Waals surface area contributed by atoms with Gasteiger partial charge >= 0.3 is 0 Å². The van der Waals surface area contributed by atoms with Gasteiger partial charge in [0.2, 0.25) is 0 Å². The quantitative estimate of drug-likeness (QED) is 0.732. The first-order valence-electron chi connectivity index (χ1n) is 6.83. The summed E-state index contributed by atoms with van der Waals surface area (Å²) in [5, 5.41) is 11.8. The second-order valence-electron chi connectivity index (χ2n) is 4.82. The lowest BCUT2D eigenvalue weighted by atomic mass is 10.1. The summed E-state index contributed by atoms with van der Waals surface area (Å²) < 4.78 is 6.64. The van der Waals surface area contributed by atoms with Gasteiger partial charge in [-0.15, -0.1) is 0 Å². The lowest BCUT2D eigenvalue weighted by molar-refractivity contribution is 0.0938. The third-order valence-electron chi connectivity index (χ3n) is 3.36. The van der Waals surface area contributed by atoms with E-state index < -0.39 is 0 Å². The smallest absolute Gasteiger partial charge is 0.252 e. The monoisotopic (exact) mass is 316 g/mol. The van der Waals surface area contributed by atoms with Crippen molar-refractivity contribution in [3.63, 3.8) is 0 Å². The van der Waals surface area contributed by atoms with Crippen LogP contribution >= 0.6 is 11.3 Å². The number of nitrogens with zero attached hydrogens (tertiary/aromatic N) is 3. The van der Waals surface area contributed by atoms with Crippen LogP contribution < -0.4 is 5.32 Å². The van der Waals surface area contributed by atoms with E-state index in [2.05, 4.69) is 15.4 Å². The van der Waals surface area contributed by atoms with Crippen molar-refractivity contribution >= 4 is 28.3 Å². The molecule has 6 nitrogen and oxygen atoms in total. The molecule has 0 radical (unpaired) electrons. The van der Waals surface area contributed by atoms with E-state index >= 15 is 0 Å². The van der Waals surface area contributed by atoms with Crippen LogP contribution in [0.4, 0.5) is 0 Å². The average Bonchev–Trinajstić information content (AvgIpc) is 3.17. The molecular weight excluding hydrogens is 300 g/mol. The Morgan fingerprint density at radius 3 is 3.09 bits per heavy atom. The van der Waals surface area contributed by atoms with Crippen LogP contribution in [-0.2, 0) is 11.8 Å². The Bertz CT molecular complexity index is 795. The summed E-state index contributed by atoms with van der Waals surface area (Å²) in [5.41, 5.74) is 3.05. The molecule has 0 aliphatic carbocycles. The molecule has 3 rings (SSSR count). The molecular formula is C15H16N4O2S. The van der Waals surface area contributed by atoms with Crippen molar-refractivity contribution in [1.29, 1.82) is 0 Å². The topological polar surface area (TPSA) is 69.0 Å². The molecule has 3 aromatic rings. The van der Waals surface area contributed by atoms with E-state index in [0.717, 1.165) is 16.6 Å². The Balaban J connectivity index is 2.05. The number of amides is 1.